The quantitative estimate of drug-likeness (QED) is 0.695. The molecule has 1 atom stereocenters. The summed E-state index contributed by atoms with van der Waals surface area (Å²) in [5.74, 6) is -0.679. The maximum atomic E-state index is 12.2. The molecule has 0 spiro atoms. The van der Waals surface area contributed by atoms with Gasteiger partial charge in [0.25, 0.3) is 5.91 Å². The molecule has 1 heterocycles. The number of carbonyl (C=O) groups is 2. The lowest BCUT2D eigenvalue weighted by atomic mass is 10.0. The van der Waals surface area contributed by atoms with E-state index < -0.39 is 6.04 Å². The molecule has 1 aliphatic carbocycles. The highest BCUT2D eigenvalue weighted by Gasteiger charge is 2.18. The van der Waals surface area contributed by atoms with Crippen LogP contribution in [0, 0.1) is 5.92 Å². The lowest BCUT2D eigenvalue weighted by molar-refractivity contribution is -0.125. The molecule has 0 saturated heterocycles. The second kappa shape index (κ2) is 8.01. The number of aliphatic hydroxyl groups excluding tert-OH is 1. The van der Waals surface area contributed by atoms with Crippen LogP contribution in [0.25, 0.3) is 0 Å². The van der Waals surface area contributed by atoms with Crippen molar-refractivity contribution in [3.05, 3.63) is 23.3 Å². The van der Waals surface area contributed by atoms with E-state index in [0.29, 0.717) is 0 Å². The Kier molecular flexibility index (Phi) is 6.04. The molecule has 7 nitrogen and oxygen atoms in total. The van der Waals surface area contributed by atoms with Crippen LogP contribution in [-0.2, 0) is 17.6 Å². The number of aliphatic hydroxyl groups is 1. The van der Waals surface area contributed by atoms with Gasteiger partial charge in [0.05, 0.1) is 30.2 Å². The fourth-order valence-electron chi connectivity index (χ4n) is 2.39. The molecule has 0 fully saturated rings. The molecular weight excluding hydrogens is 296 g/mol. The van der Waals surface area contributed by atoms with E-state index in [1.165, 1.54) is 6.20 Å². The highest BCUT2D eigenvalue weighted by molar-refractivity contribution is 5.92. The highest BCUT2D eigenvalue weighted by atomic mass is 16.3. The summed E-state index contributed by atoms with van der Waals surface area (Å²) in [6.45, 7) is 3.44. The number of amides is 2. The molecule has 3 N–H and O–H groups in total. The Bertz CT molecular complexity index is 574. The van der Waals surface area contributed by atoms with Crippen molar-refractivity contribution >= 4 is 11.8 Å². The van der Waals surface area contributed by atoms with E-state index in [1.54, 1.807) is 13.8 Å². The van der Waals surface area contributed by atoms with Crippen molar-refractivity contribution in [3.8, 4) is 0 Å². The number of nitrogens with one attached hydrogen (secondary N) is 2. The van der Waals surface area contributed by atoms with Gasteiger partial charge in [-0.25, -0.2) is 4.98 Å². The van der Waals surface area contributed by atoms with Crippen molar-refractivity contribution in [2.24, 2.45) is 5.92 Å². The second-order valence-corrected chi connectivity index (χ2v) is 6.11. The summed E-state index contributed by atoms with van der Waals surface area (Å²) < 4.78 is 0. The number of rotatable bonds is 6. The zero-order chi connectivity index (χ0) is 16.8. The van der Waals surface area contributed by atoms with E-state index in [4.69, 9.17) is 0 Å². The lowest BCUT2D eigenvalue weighted by Gasteiger charge is -2.18. The first kappa shape index (κ1) is 17.3. The third-order valence-corrected chi connectivity index (χ3v) is 3.84. The molecule has 23 heavy (non-hydrogen) atoms. The predicted molar refractivity (Wildman–Crippen MR) is 84.9 cm³/mol. The molecule has 0 saturated carbocycles. The van der Waals surface area contributed by atoms with Crippen molar-refractivity contribution in [3.63, 3.8) is 0 Å². The number of aryl methyl sites for hydroxylation is 2. The molecule has 2 rings (SSSR count). The fraction of sp³-hybridized carbons (Fsp3) is 0.625. The van der Waals surface area contributed by atoms with Crippen LogP contribution in [-0.4, -0.2) is 46.1 Å². The minimum absolute atomic E-state index is 0.145. The summed E-state index contributed by atoms with van der Waals surface area (Å²) in [5.41, 5.74) is 2.15. The maximum Gasteiger partial charge on any atom is 0.271 e. The third kappa shape index (κ3) is 4.72. The van der Waals surface area contributed by atoms with Crippen LogP contribution in [0.1, 0.15) is 48.6 Å². The van der Waals surface area contributed by atoms with Gasteiger partial charge in [-0.3, -0.25) is 14.6 Å². The van der Waals surface area contributed by atoms with Crippen molar-refractivity contribution < 1.29 is 14.7 Å². The zero-order valence-electron chi connectivity index (χ0n) is 13.6. The van der Waals surface area contributed by atoms with Crippen molar-refractivity contribution in [1.29, 1.82) is 0 Å². The van der Waals surface area contributed by atoms with Crippen LogP contribution in [0.15, 0.2) is 6.20 Å². The Labute approximate surface area is 135 Å². The Balaban J connectivity index is 1.92. The first-order chi connectivity index (χ1) is 11.0. The SMILES string of the molecule is CC(C)C(=O)N[C@@H](CO)CNC(=O)c1cnc2c(n1)CCCC2. The Hall–Kier alpha value is -2.02. The first-order valence-corrected chi connectivity index (χ1v) is 8.05. The zero-order valence-corrected chi connectivity index (χ0v) is 13.6. The average Bonchev–Trinajstić information content (AvgIpc) is 2.57. The normalized spacial score (nSPS) is 15.0. The molecule has 1 aromatic rings. The van der Waals surface area contributed by atoms with Gasteiger partial charge in [0.15, 0.2) is 0 Å². The monoisotopic (exact) mass is 320 g/mol. The Morgan fingerprint density at radius 2 is 1.96 bits per heavy atom. The number of nitrogens with zero attached hydrogens (tertiary/aromatic N) is 2. The predicted octanol–water partition coefficient (Wildman–Crippen LogP) is 0.218. The molecule has 0 radical (unpaired) electrons. The van der Waals surface area contributed by atoms with E-state index in [0.717, 1.165) is 37.1 Å². The van der Waals surface area contributed by atoms with Gasteiger partial charge in [0, 0.05) is 12.5 Å². The van der Waals surface area contributed by atoms with Crippen LogP contribution >= 0.6 is 0 Å². The molecule has 1 aromatic heterocycles. The van der Waals surface area contributed by atoms with Gasteiger partial charge in [-0.2, -0.15) is 0 Å². The molecule has 126 valence electrons. The molecular formula is C16H24N4O3. The van der Waals surface area contributed by atoms with Crippen LogP contribution in [0.3, 0.4) is 0 Å². The van der Waals surface area contributed by atoms with Crippen LogP contribution in [0.5, 0.6) is 0 Å². The van der Waals surface area contributed by atoms with E-state index in [9.17, 15) is 14.7 Å². The second-order valence-electron chi connectivity index (χ2n) is 6.11. The minimum Gasteiger partial charge on any atom is -0.394 e. The topological polar surface area (TPSA) is 104 Å². The number of hydrogen-bond donors (Lipinski definition) is 3. The van der Waals surface area contributed by atoms with Gasteiger partial charge in [-0.15, -0.1) is 0 Å². The number of carbonyl (C=O) groups excluding carboxylic acids is 2. The molecule has 0 unspecified atom stereocenters. The summed E-state index contributed by atoms with van der Waals surface area (Å²) in [6, 6.07) is -0.514. The maximum absolute atomic E-state index is 12.2. The molecule has 0 aliphatic heterocycles. The molecule has 0 bridgehead atoms. The average molecular weight is 320 g/mol. The number of fused-ring (bicyclic) bond motifs is 1. The summed E-state index contributed by atoms with van der Waals surface area (Å²) in [6.07, 6.45) is 5.44. The summed E-state index contributed by atoms with van der Waals surface area (Å²) in [4.78, 5) is 32.5. The third-order valence-electron chi connectivity index (χ3n) is 3.84. The molecule has 7 heteroatoms. The van der Waals surface area contributed by atoms with Gasteiger partial charge < -0.3 is 15.7 Å². The van der Waals surface area contributed by atoms with E-state index >= 15 is 0 Å². The number of aromatic nitrogens is 2. The van der Waals surface area contributed by atoms with E-state index in [1.807, 2.05) is 0 Å². The van der Waals surface area contributed by atoms with Gasteiger partial charge >= 0.3 is 0 Å². The van der Waals surface area contributed by atoms with Crippen LogP contribution in [0.2, 0.25) is 0 Å². The lowest BCUT2D eigenvalue weighted by Crippen LogP contribution is -2.47. The molecule has 1 aliphatic rings. The van der Waals surface area contributed by atoms with E-state index in [2.05, 4.69) is 20.6 Å². The highest BCUT2D eigenvalue weighted by Crippen LogP contribution is 2.17. The van der Waals surface area contributed by atoms with Gasteiger partial charge in [0.1, 0.15) is 5.69 Å². The van der Waals surface area contributed by atoms with Crippen molar-refractivity contribution in [2.45, 2.75) is 45.6 Å². The van der Waals surface area contributed by atoms with E-state index in [-0.39, 0.29) is 36.6 Å². The standard InChI is InChI=1S/C16H24N4O3/c1-10(2)15(22)19-11(9-21)7-18-16(23)14-8-17-12-5-3-4-6-13(12)20-14/h8,10-11,21H,3-7,9H2,1-2H3,(H,18,23)(H,19,22)/t11-/m1/s1. The van der Waals surface area contributed by atoms with Crippen molar-refractivity contribution in [1.82, 2.24) is 20.6 Å². The minimum atomic E-state index is -0.514. The fourth-order valence-corrected chi connectivity index (χ4v) is 2.39. The smallest absolute Gasteiger partial charge is 0.271 e. The summed E-state index contributed by atoms with van der Waals surface area (Å²) in [7, 11) is 0. The summed E-state index contributed by atoms with van der Waals surface area (Å²) >= 11 is 0. The Morgan fingerprint density at radius 1 is 1.26 bits per heavy atom. The molecule has 0 aromatic carbocycles. The van der Waals surface area contributed by atoms with Gasteiger partial charge in [0.2, 0.25) is 5.91 Å². The van der Waals surface area contributed by atoms with Crippen molar-refractivity contribution in [2.75, 3.05) is 13.2 Å². The van der Waals surface area contributed by atoms with Gasteiger partial charge in [-0.05, 0) is 25.7 Å². The number of hydrogen-bond acceptors (Lipinski definition) is 5. The first-order valence-electron chi connectivity index (χ1n) is 8.05. The van der Waals surface area contributed by atoms with Crippen LogP contribution in [0.4, 0.5) is 0 Å². The van der Waals surface area contributed by atoms with Crippen LogP contribution < -0.4 is 10.6 Å². The Morgan fingerprint density at radius 3 is 2.61 bits per heavy atom. The largest absolute Gasteiger partial charge is 0.394 e. The van der Waals surface area contributed by atoms with Gasteiger partial charge in [-0.1, -0.05) is 13.8 Å². The molecule has 2 amide bonds. The summed E-state index contributed by atoms with van der Waals surface area (Å²) in [5, 5.41) is 14.7.